The van der Waals surface area contributed by atoms with Gasteiger partial charge in [0.05, 0.1) is 6.54 Å². The summed E-state index contributed by atoms with van der Waals surface area (Å²) in [5.74, 6) is 2.82. The van der Waals surface area contributed by atoms with Crippen molar-refractivity contribution in [2.24, 2.45) is 5.92 Å². The van der Waals surface area contributed by atoms with E-state index < -0.39 is 0 Å². The second kappa shape index (κ2) is 9.74. The smallest absolute Gasteiger partial charge is 0.254 e. The maximum Gasteiger partial charge on any atom is 0.254 e. The van der Waals surface area contributed by atoms with E-state index in [1.807, 2.05) is 48.2 Å². The quantitative estimate of drug-likeness (QED) is 0.485. The van der Waals surface area contributed by atoms with Crippen molar-refractivity contribution >= 4 is 5.91 Å². The van der Waals surface area contributed by atoms with E-state index in [0.29, 0.717) is 11.8 Å². The first kappa shape index (κ1) is 22.3. The van der Waals surface area contributed by atoms with Crippen LogP contribution in [0, 0.1) is 19.8 Å². The Morgan fingerprint density at radius 2 is 1.72 bits per heavy atom. The highest BCUT2D eigenvalue weighted by molar-refractivity contribution is 5.94. The number of hydrogen-bond acceptors (Lipinski definition) is 3. The van der Waals surface area contributed by atoms with E-state index >= 15 is 0 Å². The largest absolute Gasteiger partial charge is 0.465 e. The Morgan fingerprint density at radius 1 is 1.00 bits per heavy atom. The summed E-state index contributed by atoms with van der Waals surface area (Å²) in [6, 6.07) is 22.8. The fourth-order valence-corrected chi connectivity index (χ4v) is 4.78. The second-order valence-corrected chi connectivity index (χ2v) is 9.40. The molecule has 1 aromatic heterocycles. The molecule has 2 aromatic carbocycles. The highest BCUT2D eigenvalue weighted by Gasteiger charge is 2.36. The zero-order chi connectivity index (χ0) is 22.7. The maximum atomic E-state index is 13.3. The molecule has 0 aliphatic carbocycles. The average molecular weight is 431 g/mol. The van der Waals surface area contributed by atoms with Gasteiger partial charge < -0.3 is 9.32 Å². The van der Waals surface area contributed by atoms with Crippen molar-refractivity contribution in [3.05, 3.63) is 94.9 Å². The molecule has 0 saturated carbocycles. The second-order valence-electron chi connectivity index (χ2n) is 9.40. The molecule has 1 aliphatic heterocycles. The Kier molecular flexibility index (Phi) is 6.80. The molecule has 4 rings (SSSR count). The minimum Gasteiger partial charge on any atom is -0.465 e. The number of hydrogen-bond donors (Lipinski definition) is 0. The van der Waals surface area contributed by atoms with Crippen molar-refractivity contribution < 1.29 is 9.21 Å². The number of likely N-dealkylation sites (tertiary alicyclic amines) is 1. The van der Waals surface area contributed by atoms with E-state index in [9.17, 15) is 4.79 Å². The van der Waals surface area contributed by atoms with Crippen LogP contribution >= 0.6 is 0 Å². The number of carbonyl (C=O) groups excluding carboxylic acids is 1. The monoisotopic (exact) mass is 430 g/mol. The predicted octanol–water partition coefficient (Wildman–Crippen LogP) is 5.66. The summed E-state index contributed by atoms with van der Waals surface area (Å²) in [4.78, 5) is 17.8. The first-order valence-corrected chi connectivity index (χ1v) is 11.6. The fourth-order valence-electron chi connectivity index (χ4n) is 4.78. The van der Waals surface area contributed by atoms with Gasteiger partial charge in [-0.05, 0) is 63.4 Å². The molecule has 0 unspecified atom stereocenters. The highest BCUT2D eigenvalue weighted by Crippen LogP contribution is 2.35. The van der Waals surface area contributed by atoms with Crippen LogP contribution in [0.2, 0.25) is 0 Å². The zero-order valence-electron chi connectivity index (χ0n) is 19.6. The molecule has 2 atom stereocenters. The average Bonchev–Trinajstić information content (AvgIpc) is 3.38. The van der Waals surface area contributed by atoms with Gasteiger partial charge >= 0.3 is 0 Å². The van der Waals surface area contributed by atoms with Gasteiger partial charge in [-0.3, -0.25) is 9.69 Å². The predicted molar refractivity (Wildman–Crippen MR) is 129 cm³/mol. The molecule has 0 radical (unpaired) electrons. The summed E-state index contributed by atoms with van der Waals surface area (Å²) in [6.07, 6.45) is 0. The molecule has 4 nitrogen and oxygen atoms in total. The van der Waals surface area contributed by atoms with Crippen molar-refractivity contribution in [3.63, 3.8) is 0 Å². The molecular formula is C28H34N2O2. The molecule has 1 aliphatic rings. The molecule has 2 heterocycles. The molecule has 1 fully saturated rings. The number of benzene rings is 2. The number of rotatable bonds is 7. The fraction of sp³-hybridized carbons (Fsp3) is 0.393. The Bertz CT molecular complexity index is 1020. The van der Waals surface area contributed by atoms with Gasteiger partial charge in [0.15, 0.2) is 0 Å². The van der Waals surface area contributed by atoms with Gasteiger partial charge in [-0.25, -0.2) is 0 Å². The van der Waals surface area contributed by atoms with Crippen LogP contribution in [-0.2, 0) is 6.54 Å². The number of carbonyl (C=O) groups is 1. The maximum absolute atomic E-state index is 13.3. The molecule has 1 saturated heterocycles. The van der Waals surface area contributed by atoms with E-state index in [-0.39, 0.29) is 11.9 Å². The Morgan fingerprint density at radius 3 is 2.34 bits per heavy atom. The van der Waals surface area contributed by atoms with Gasteiger partial charge in [0, 0.05) is 37.2 Å². The first-order chi connectivity index (χ1) is 15.4. The lowest BCUT2D eigenvalue weighted by atomic mass is 9.88. The molecule has 0 bridgehead atoms. The molecule has 3 aromatic rings. The summed E-state index contributed by atoms with van der Waals surface area (Å²) >= 11 is 0. The first-order valence-electron chi connectivity index (χ1n) is 11.6. The van der Waals surface area contributed by atoms with Crippen LogP contribution in [0.3, 0.4) is 0 Å². The molecule has 1 amide bonds. The van der Waals surface area contributed by atoms with E-state index in [4.69, 9.17) is 4.42 Å². The standard InChI is InChI=1S/C28H34N2O2/c1-20(2)30(28(31)24-8-6-5-7-9-24)17-25-16-29(18-26-15-12-22(4)32-26)19-27(25)23-13-10-21(3)11-14-23/h5-15,20,25,27H,16-19H2,1-4H3/t25-,27+/m0/s1. The molecule has 32 heavy (non-hydrogen) atoms. The molecule has 0 N–H and O–H groups in total. The molecule has 4 heteroatoms. The minimum absolute atomic E-state index is 0.114. The Hall–Kier alpha value is -2.85. The Balaban J connectivity index is 1.57. The van der Waals surface area contributed by atoms with Crippen LogP contribution in [0.5, 0.6) is 0 Å². The summed E-state index contributed by atoms with van der Waals surface area (Å²) in [5, 5.41) is 0. The molecule has 0 spiro atoms. The highest BCUT2D eigenvalue weighted by atomic mass is 16.3. The third-order valence-corrected chi connectivity index (χ3v) is 6.53. The van der Waals surface area contributed by atoms with E-state index in [0.717, 1.165) is 43.3 Å². The van der Waals surface area contributed by atoms with Gasteiger partial charge in [-0.15, -0.1) is 0 Å². The van der Waals surface area contributed by atoms with Crippen molar-refractivity contribution in [2.45, 2.75) is 46.2 Å². The third kappa shape index (κ3) is 5.13. The summed E-state index contributed by atoms with van der Waals surface area (Å²) in [7, 11) is 0. The van der Waals surface area contributed by atoms with Gasteiger partial charge in [-0.2, -0.15) is 0 Å². The van der Waals surface area contributed by atoms with E-state index in [1.165, 1.54) is 11.1 Å². The molecule has 168 valence electrons. The number of aryl methyl sites for hydroxylation is 2. The van der Waals surface area contributed by atoms with Crippen LogP contribution in [0.15, 0.2) is 71.1 Å². The van der Waals surface area contributed by atoms with Crippen molar-refractivity contribution in [3.8, 4) is 0 Å². The van der Waals surface area contributed by atoms with Gasteiger partial charge in [0.25, 0.3) is 5.91 Å². The number of nitrogens with zero attached hydrogens (tertiary/aromatic N) is 2. The number of amides is 1. The lowest BCUT2D eigenvalue weighted by molar-refractivity contribution is 0.0668. The molecular weight excluding hydrogens is 396 g/mol. The summed E-state index contributed by atoms with van der Waals surface area (Å²) in [5.41, 5.74) is 3.39. The van der Waals surface area contributed by atoms with E-state index in [2.05, 4.69) is 56.0 Å². The van der Waals surface area contributed by atoms with Gasteiger partial charge in [-0.1, -0.05) is 48.0 Å². The normalized spacial score (nSPS) is 18.9. The zero-order valence-corrected chi connectivity index (χ0v) is 19.6. The van der Waals surface area contributed by atoms with Crippen molar-refractivity contribution in [1.82, 2.24) is 9.80 Å². The lowest BCUT2D eigenvalue weighted by Gasteiger charge is -2.32. The van der Waals surface area contributed by atoms with E-state index in [1.54, 1.807) is 0 Å². The number of furan rings is 1. The topological polar surface area (TPSA) is 36.7 Å². The SMILES string of the molecule is Cc1ccc([C@H]2CN(Cc3ccc(C)o3)C[C@H]2CN(C(=O)c2ccccc2)C(C)C)cc1. The minimum atomic E-state index is 0.114. The van der Waals surface area contributed by atoms with Crippen LogP contribution in [-0.4, -0.2) is 41.4 Å². The van der Waals surface area contributed by atoms with Crippen LogP contribution in [0.4, 0.5) is 0 Å². The van der Waals surface area contributed by atoms with Crippen LogP contribution in [0.1, 0.15) is 52.8 Å². The van der Waals surface area contributed by atoms with Crippen molar-refractivity contribution in [1.29, 1.82) is 0 Å². The Labute approximate surface area is 191 Å². The van der Waals surface area contributed by atoms with Gasteiger partial charge in [0.1, 0.15) is 11.5 Å². The lowest BCUT2D eigenvalue weighted by Crippen LogP contribution is -2.42. The summed E-state index contributed by atoms with van der Waals surface area (Å²) < 4.78 is 5.85. The van der Waals surface area contributed by atoms with Crippen LogP contribution in [0.25, 0.3) is 0 Å². The van der Waals surface area contributed by atoms with Crippen LogP contribution < -0.4 is 0 Å². The van der Waals surface area contributed by atoms with Gasteiger partial charge in [0.2, 0.25) is 0 Å². The summed E-state index contributed by atoms with van der Waals surface area (Å²) in [6.45, 7) is 11.8. The third-order valence-electron chi connectivity index (χ3n) is 6.53. The van der Waals surface area contributed by atoms with Crippen molar-refractivity contribution in [2.75, 3.05) is 19.6 Å².